The molecule has 5 nitrogen and oxygen atoms in total. The molecule has 0 spiro atoms. The summed E-state index contributed by atoms with van der Waals surface area (Å²) in [5.41, 5.74) is 0.623. The number of aryl methyl sites for hydroxylation is 2. The van der Waals surface area contributed by atoms with Crippen LogP contribution in [0.5, 0.6) is 0 Å². The highest BCUT2D eigenvalue weighted by Crippen LogP contribution is 2.30. The molecule has 0 saturated carbocycles. The van der Waals surface area contributed by atoms with E-state index in [0.29, 0.717) is 20.9 Å². The molecule has 0 aliphatic heterocycles. The van der Waals surface area contributed by atoms with Gasteiger partial charge in [0.05, 0.1) is 16.8 Å². The number of rotatable bonds is 5. The number of fused-ring (bicyclic) bond motifs is 1. The Labute approximate surface area is 195 Å². The van der Waals surface area contributed by atoms with Gasteiger partial charge in [0.25, 0.3) is 5.56 Å². The molecule has 2 heterocycles. The zero-order valence-corrected chi connectivity index (χ0v) is 19.3. The first-order valence-electron chi connectivity index (χ1n) is 9.41. The molecule has 2 aromatic heterocycles. The number of nitrogens with zero attached hydrogens (tertiary/aromatic N) is 2. The number of thiophene rings is 1. The van der Waals surface area contributed by atoms with Gasteiger partial charge in [0.15, 0.2) is 5.16 Å². The molecule has 0 aliphatic rings. The van der Waals surface area contributed by atoms with Crippen molar-refractivity contribution >= 4 is 56.5 Å². The maximum Gasteiger partial charge on any atom is 0.267 e. The van der Waals surface area contributed by atoms with E-state index in [1.165, 1.54) is 22.0 Å². The third-order valence-corrected chi connectivity index (χ3v) is 7.11. The van der Waals surface area contributed by atoms with E-state index in [0.717, 1.165) is 34.3 Å². The van der Waals surface area contributed by atoms with Crippen molar-refractivity contribution in [3.63, 3.8) is 0 Å². The van der Waals surface area contributed by atoms with Gasteiger partial charge in [-0.1, -0.05) is 29.4 Å². The first kappa shape index (κ1) is 22.4. The summed E-state index contributed by atoms with van der Waals surface area (Å²) >= 11 is 8.38. The Morgan fingerprint density at radius 2 is 1.81 bits per heavy atom. The zero-order chi connectivity index (χ0) is 23.0. The van der Waals surface area contributed by atoms with Crippen molar-refractivity contribution in [3.05, 3.63) is 79.9 Å². The Kier molecular flexibility index (Phi) is 6.32. The number of benzene rings is 2. The van der Waals surface area contributed by atoms with Crippen molar-refractivity contribution in [1.29, 1.82) is 0 Å². The number of para-hydroxylation sites is 1. The fraction of sp³-hybridized carbons (Fsp3) is 0.136. The van der Waals surface area contributed by atoms with E-state index in [1.807, 2.05) is 13.8 Å². The van der Waals surface area contributed by atoms with E-state index in [9.17, 15) is 18.4 Å². The fourth-order valence-electron chi connectivity index (χ4n) is 3.11. The molecule has 1 N–H and O–H groups in total. The van der Waals surface area contributed by atoms with E-state index >= 15 is 0 Å². The van der Waals surface area contributed by atoms with Gasteiger partial charge in [-0.15, -0.1) is 11.3 Å². The molecule has 4 aromatic rings. The number of thioether (sulfide) groups is 1. The summed E-state index contributed by atoms with van der Waals surface area (Å²) in [5, 5.41) is 3.56. The van der Waals surface area contributed by atoms with Crippen molar-refractivity contribution in [2.75, 3.05) is 11.1 Å². The van der Waals surface area contributed by atoms with Crippen LogP contribution in [-0.2, 0) is 4.79 Å². The smallest absolute Gasteiger partial charge is 0.267 e. The highest BCUT2D eigenvalue weighted by atomic mass is 35.5. The second-order valence-electron chi connectivity index (χ2n) is 6.91. The van der Waals surface area contributed by atoms with Gasteiger partial charge in [0.1, 0.15) is 22.2 Å². The largest absolute Gasteiger partial charge is 0.320 e. The average molecular weight is 492 g/mol. The summed E-state index contributed by atoms with van der Waals surface area (Å²) in [6.45, 7) is 3.78. The Balaban J connectivity index is 1.71. The van der Waals surface area contributed by atoms with Gasteiger partial charge in [0, 0.05) is 9.90 Å². The second kappa shape index (κ2) is 9.01. The van der Waals surface area contributed by atoms with Crippen molar-refractivity contribution in [2.24, 2.45) is 0 Å². The van der Waals surface area contributed by atoms with Gasteiger partial charge < -0.3 is 5.32 Å². The quantitative estimate of drug-likeness (QED) is 0.286. The van der Waals surface area contributed by atoms with Crippen LogP contribution in [0.15, 0.2) is 52.4 Å². The van der Waals surface area contributed by atoms with Crippen LogP contribution >= 0.6 is 34.7 Å². The summed E-state index contributed by atoms with van der Waals surface area (Å²) in [6, 6.07) is 10.0. The van der Waals surface area contributed by atoms with Crippen LogP contribution in [0.4, 0.5) is 14.5 Å². The fourth-order valence-corrected chi connectivity index (χ4v) is 5.12. The Morgan fingerprint density at radius 1 is 1.16 bits per heavy atom. The van der Waals surface area contributed by atoms with Crippen LogP contribution < -0.4 is 10.9 Å². The van der Waals surface area contributed by atoms with Crippen molar-refractivity contribution < 1.29 is 13.6 Å². The van der Waals surface area contributed by atoms with Crippen LogP contribution in [0, 0.1) is 25.5 Å². The van der Waals surface area contributed by atoms with Crippen molar-refractivity contribution in [2.45, 2.75) is 19.0 Å². The molecule has 1 amide bonds. The lowest BCUT2D eigenvalue weighted by Gasteiger charge is -2.13. The molecule has 0 aliphatic carbocycles. The summed E-state index contributed by atoms with van der Waals surface area (Å²) in [7, 11) is 0. The maximum atomic E-state index is 13.8. The van der Waals surface area contributed by atoms with E-state index in [1.54, 1.807) is 24.3 Å². The number of hydrogen-bond acceptors (Lipinski definition) is 5. The Bertz CT molecular complexity index is 1380. The molecular formula is C22H16ClF2N3O2S2. The second-order valence-corrected chi connectivity index (χ2v) is 9.49. The third-order valence-electron chi connectivity index (χ3n) is 4.82. The lowest BCUT2D eigenvalue weighted by atomic mass is 10.2. The van der Waals surface area contributed by atoms with Gasteiger partial charge in [-0.3, -0.25) is 14.2 Å². The molecule has 0 saturated heterocycles. The molecule has 2 aromatic carbocycles. The first-order chi connectivity index (χ1) is 15.3. The number of nitrogens with one attached hydrogen (secondary N) is 1. The van der Waals surface area contributed by atoms with Crippen LogP contribution in [0.1, 0.15) is 10.4 Å². The summed E-state index contributed by atoms with van der Waals surface area (Å²) < 4.78 is 29.1. The standard InChI is InChI=1S/C22H16ClF2N3O2S2/c1-11-12(2)32-20-18(11)21(30)28(14-8-6-13(23)7-9-14)22(27-20)31-10-17(29)26-19-15(24)4-3-5-16(19)25/h3-9H,10H2,1-2H3,(H,26,29). The van der Waals surface area contributed by atoms with Gasteiger partial charge in [-0.2, -0.15) is 0 Å². The normalized spacial score (nSPS) is 11.2. The van der Waals surface area contributed by atoms with Crippen LogP contribution in [0.25, 0.3) is 15.9 Å². The van der Waals surface area contributed by atoms with Crippen LogP contribution in [0.3, 0.4) is 0 Å². The monoisotopic (exact) mass is 491 g/mol. The molecule has 0 radical (unpaired) electrons. The van der Waals surface area contributed by atoms with Crippen LogP contribution in [-0.4, -0.2) is 21.2 Å². The molecule has 0 atom stereocenters. The van der Waals surface area contributed by atoms with Gasteiger partial charge in [0.2, 0.25) is 5.91 Å². The lowest BCUT2D eigenvalue weighted by molar-refractivity contribution is -0.113. The molecule has 4 rings (SSSR count). The van der Waals surface area contributed by atoms with Crippen molar-refractivity contribution in [1.82, 2.24) is 9.55 Å². The Hall–Kier alpha value is -2.75. The number of amides is 1. The molecule has 0 unspecified atom stereocenters. The minimum absolute atomic E-state index is 0.206. The molecule has 10 heteroatoms. The van der Waals surface area contributed by atoms with E-state index < -0.39 is 23.2 Å². The number of halogens is 3. The van der Waals surface area contributed by atoms with Gasteiger partial charge in [-0.25, -0.2) is 13.8 Å². The van der Waals surface area contributed by atoms with Gasteiger partial charge >= 0.3 is 0 Å². The zero-order valence-electron chi connectivity index (χ0n) is 16.9. The number of carbonyl (C=O) groups is 1. The molecule has 164 valence electrons. The summed E-state index contributed by atoms with van der Waals surface area (Å²) in [5.74, 6) is -2.58. The van der Waals surface area contributed by atoms with E-state index in [2.05, 4.69) is 10.3 Å². The first-order valence-corrected chi connectivity index (χ1v) is 11.6. The number of hydrogen-bond donors (Lipinski definition) is 1. The molecule has 0 bridgehead atoms. The lowest BCUT2D eigenvalue weighted by Crippen LogP contribution is -2.23. The maximum absolute atomic E-state index is 13.8. The average Bonchev–Trinajstić information content (AvgIpc) is 3.04. The van der Waals surface area contributed by atoms with Gasteiger partial charge in [-0.05, 0) is 55.8 Å². The summed E-state index contributed by atoms with van der Waals surface area (Å²) in [4.78, 5) is 31.9. The molecule has 0 fully saturated rings. The number of anilines is 1. The highest BCUT2D eigenvalue weighted by Gasteiger charge is 2.19. The minimum Gasteiger partial charge on any atom is -0.320 e. The number of carbonyl (C=O) groups excluding carboxylic acids is 1. The Morgan fingerprint density at radius 3 is 2.47 bits per heavy atom. The minimum atomic E-state index is -0.870. The third kappa shape index (κ3) is 4.28. The highest BCUT2D eigenvalue weighted by molar-refractivity contribution is 7.99. The van der Waals surface area contributed by atoms with Crippen molar-refractivity contribution in [3.8, 4) is 5.69 Å². The predicted octanol–water partition coefficient (Wildman–Crippen LogP) is 5.73. The summed E-state index contributed by atoms with van der Waals surface area (Å²) in [6.07, 6.45) is 0. The SMILES string of the molecule is Cc1sc2nc(SCC(=O)Nc3c(F)cccc3F)n(-c3ccc(Cl)cc3)c(=O)c2c1C. The number of aromatic nitrogens is 2. The topological polar surface area (TPSA) is 64.0 Å². The van der Waals surface area contributed by atoms with Crippen LogP contribution in [0.2, 0.25) is 5.02 Å². The van der Waals surface area contributed by atoms with E-state index in [-0.39, 0.29) is 16.5 Å². The predicted molar refractivity (Wildman–Crippen MR) is 125 cm³/mol. The molecular weight excluding hydrogens is 476 g/mol. The molecule has 32 heavy (non-hydrogen) atoms. The van der Waals surface area contributed by atoms with E-state index in [4.69, 9.17) is 11.6 Å².